The minimum Gasteiger partial charge on any atom is -0.376 e. The van der Waals surface area contributed by atoms with E-state index >= 15 is 0 Å². The van der Waals surface area contributed by atoms with Crippen LogP contribution >= 0.6 is 11.3 Å². The van der Waals surface area contributed by atoms with Crippen LogP contribution in [-0.4, -0.2) is 30.8 Å². The van der Waals surface area contributed by atoms with Crippen molar-refractivity contribution < 1.29 is 14.4 Å². The molecular formula is C17H20N4O3S. The summed E-state index contributed by atoms with van der Waals surface area (Å²) in [5, 5.41) is 7.40. The maximum Gasteiger partial charge on any atom is 0.261 e. The van der Waals surface area contributed by atoms with Crippen LogP contribution < -0.4 is 21.5 Å². The number of anilines is 1. The molecule has 0 spiro atoms. The van der Waals surface area contributed by atoms with Crippen molar-refractivity contribution in [3.63, 3.8) is 0 Å². The summed E-state index contributed by atoms with van der Waals surface area (Å²) in [5.74, 6) is -0.958. The van der Waals surface area contributed by atoms with E-state index < -0.39 is 0 Å². The summed E-state index contributed by atoms with van der Waals surface area (Å²) in [4.78, 5) is 35.6. The molecule has 1 heterocycles. The monoisotopic (exact) mass is 360 g/mol. The fraction of sp³-hybridized carbons (Fsp3) is 0.235. The summed E-state index contributed by atoms with van der Waals surface area (Å²) in [7, 11) is 0. The third-order valence-electron chi connectivity index (χ3n) is 3.23. The number of amides is 3. The van der Waals surface area contributed by atoms with E-state index in [1.54, 1.807) is 12.1 Å². The van der Waals surface area contributed by atoms with Crippen LogP contribution in [0.2, 0.25) is 0 Å². The molecule has 7 nitrogen and oxygen atoms in total. The fourth-order valence-corrected chi connectivity index (χ4v) is 2.52. The predicted molar refractivity (Wildman–Crippen MR) is 97.2 cm³/mol. The van der Waals surface area contributed by atoms with E-state index in [1.165, 1.54) is 11.3 Å². The zero-order chi connectivity index (χ0) is 18.1. The Kier molecular flexibility index (Phi) is 6.97. The highest BCUT2D eigenvalue weighted by molar-refractivity contribution is 7.12. The van der Waals surface area contributed by atoms with Gasteiger partial charge in [0.15, 0.2) is 0 Å². The number of nitrogens with one attached hydrogen (secondary N) is 4. The molecule has 1 aromatic heterocycles. The molecule has 8 heteroatoms. The van der Waals surface area contributed by atoms with Crippen molar-refractivity contribution in [3.05, 3.63) is 52.2 Å². The van der Waals surface area contributed by atoms with Crippen molar-refractivity contribution in [1.82, 2.24) is 16.2 Å². The molecule has 2 aromatic rings. The van der Waals surface area contributed by atoms with Gasteiger partial charge in [0.1, 0.15) is 0 Å². The van der Waals surface area contributed by atoms with Gasteiger partial charge in [-0.05, 0) is 30.5 Å². The number of benzene rings is 1. The highest BCUT2D eigenvalue weighted by Crippen LogP contribution is 2.08. The number of hydrogen-bond donors (Lipinski definition) is 4. The SMILES string of the molecule is Cc1ccc(NCC(=O)NNC(=O)CCNC(=O)c2cccs2)cc1. The smallest absolute Gasteiger partial charge is 0.261 e. The number of carbonyl (C=O) groups excluding carboxylic acids is 3. The lowest BCUT2D eigenvalue weighted by Crippen LogP contribution is -2.45. The quantitative estimate of drug-likeness (QED) is 0.562. The van der Waals surface area contributed by atoms with Gasteiger partial charge in [-0.1, -0.05) is 23.8 Å². The lowest BCUT2D eigenvalue weighted by Gasteiger charge is -2.09. The van der Waals surface area contributed by atoms with Crippen molar-refractivity contribution >= 4 is 34.7 Å². The van der Waals surface area contributed by atoms with Crippen molar-refractivity contribution in [1.29, 1.82) is 0 Å². The molecule has 0 aliphatic rings. The highest BCUT2D eigenvalue weighted by Gasteiger charge is 2.08. The van der Waals surface area contributed by atoms with Gasteiger partial charge >= 0.3 is 0 Å². The van der Waals surface area contributed by atoms with E-state index in [2.05, 4.69) is 21.5 Å². The van der Waals surface area contributed by atoms with E-state index in [1.807, 2.05) is 36.6 Å². The molecule has 1 aromatic carbocycles. The maximum atomic E-state index is 11.7. The topological polar surface area (TPSA) is 99.3 Å². The first kappa shape index (κ1) is 18.5. The average molecular weight is 360 g/mol. The Morgan fingerprint density at radius 3 is 2.40 bits per heavy atom. The molecule has 0 saturated heterocycles. The minimum absolute atomic E-state index is 0.0401. The minimum atomic E-state index is -0.379. The predicted octanol–water partition coefficient (Wildman–Crippen LogP) is 1.44. The molecule has 4 N–H and O–H groups in total. The molecule has 0 aliphatic heterocycles. The first-order valence-corrected chi connectivity index (χ1v) is 8.62. The number of hydrazine groups is 1. The summed E-state index contributed by atoms with van der Waals surface area (Å²) in [6, 6.07) is 11.1. The Morgan fingerprint density at radius 1 is 1.00 bits per heavy atom. The third-order valence-corrected chi connectivity index (χ3v) is 4.10. The summed E-state index contributed by atoms with van der Waals surface area (Å²) < 4.78 is 0. The molecule has 0 saturated carbocycles. The van der Waals surface area contributed by atoms with E-state index in [9.17, 15) is 14.4 Å². The van der Waals surface area contributed by atoms with Gasteiger partial charge in [-0.2, -0.15) is 0 Å². The number of carbonyl (C=O) groups is 3. The maximum absolute atomic E-state index is 11.7. The average Bonchev–Trinajstić information content (AvgIpc) is 3.14. The lowest BCUT2D eigenvalue weighted by molar-refractivity contribution is -0.127. The summed E-state index contributed by atoms with van der Waals surface area (Å²) in [6.07, 6.45) is 0.0722. The van der Waals surface area contributed by atoms with Crippen LogP contribution in [0.1, 0.15) is 21.7 Å². The second-order valence-electron chi connectivity index (χ2n) is 5.30. The van der Waals surface area contributed by atoms with Gasteiger partial charge in [0, 0.05) is 18.7 Å². The van der Waals surface area contributed by atoms with Crippen LogP contribution in [0, 0.1) is 6.92 Å². The number of hydrogen-bond acceptors (Lipinski definition) is 5. The van der Waals surface area contributed by atoms with E-state index in [0.29, 0.717) is 4.88 Å². The molecule has 0 fully saturated rings. The fourth-order valence-electron chi connectivity index (χ4n) is 1.88. The van der Waals surface area contributed by atoms with Crippen molar-refractivity contribution in [2.45, 2.75) is 13.3 Å². The normalized spacial score (nSPS) is 9.96. The molecule has 25 heavy (non-hydrogen) atoms. The molecule has 0 atom stereocenters. The Labute approximate surface area is 149 Å². The van der Waals surface area contributed by atoms with Crippen LogP contribution in [0.4, 0.5) is 5.69 Å². The zero-order valence-corrected chi connectivity index (χ0v) is 14.6. The highest BCUT2D eigenvalue weighted by atomic mass is 32.1. The Bertz CT molecular complexity index is 714. The summed E-state index contributed by atoms with van der Waals surface area (Å²) in [6.45, 7) is 2.22. The Morgan fingerprint density at radius 2 is 1.72 bits per heavy atom. The third kappa shape index (κ3) is 6.64. The molecule has 132 valence electrons. The zero-order valence-electron chi connectivity index (χ0n) is 13.8. The largest absolute Gasteiger partial charge is 0.376 e. The second-order valence-corrected chi connectivity index (χ2v) is 6.25. The molecule has 0 unspecified atom stereocenters. The first-order chi connectivity index (χ1) is 12.0. The Hall–Kier alpha value is -2.87. The van der Waals surface area contributed by atoms with Crippen molar-refractivity contribution in [2.75, 3.05) is 18.4 Å². The number of rotatable bonds is 7. The van der Waals surface area contributed by atoms with Crippen LogP contribution in [0.25, 0.3) is 0 Å². The van der Waals surface area contributed by atoms with Gasteiger partial charge in [0.25, 0.3) is 11.8 Å². The second kappa shape index (κ2) is 9.43. The summed E-state index contributed by atoms with van der Waals surface area (Å²) >= 11 is 1.33. The molecule has 0 aliphatic carbocycles. The molecular weight excluding hydrogens is 340 g/mol. The molecule has 3 amide bonds. The van der Waals surface area contributed by atoms with Crippen LogP contribution in [-0.2, 0) is 9.59 Å². The van der Waals surface area contributed by atoms with Gasteiger partial charge in [-0.15, -0.1) is 11.3 Å². The van der Waals surface area contributed by atoms with Crippen LogP contribution in [0.15, 0.2) is 41.8 Å². The van der Waals surface area contributed by atoms with Gasteiger partial charge < -0.3 is 10.6 Å². The van der Waals surface area contributed by atoms with Gasteiger partial charge in [-0.3, -0.25) is 25.2 Å². The Balaban J connectivity index is 1.58. The standard InChI is InChI=1S/C17H20N4O3S/c1-12-4-6-13(7-5-12)19-11-16(23)21-20-15(22)8-9-18-17(24)14-3-2-10-25-14/h2-7,10,19H,8-9,11H2,1H3,(H,18,24)(H,20,22)(H,21,23). The van der Waals surface area contributed by atoms with Crippen LogP contribution in [0.3, 0.4) is 0 Å². The molecule has 2 rings (SSSR count). The van der Waals surface area contributed by atoms with E-state index in [4.69, 9.17) is 0 Å². The molecule has 0 radical (unpaired) electrons. The van der Waals surface area contributed by atoms with E-state index in [0.717, 1.165) is 11.3 Å². The number of aryl methyl sites for hydroxylation is 1. The molecule has 0 bridgehead atoms. The van der Waals surface area contributed by atoms with Gasteiger partial charge in [0.2, 0.25) is 5.91 Å². The lowest BCUT2D eigenvalue weighted by atomic mass is 10.2. The summed E-state index contributed by atoms with van der Waals surface area (Å²) in [5.41, 5.74) is 6.58. The van der Waals surface area contributed by atoms with Crippen LogP contribution in [0.5, 0.6) is 0 Å². The van der Waals surface area contributed by atoms with Gasteiger partial charge in [0.05, 0.1) is 11.4 Å². The van der Waals surface area contributed by atoms with Crippen molar-refractivity contribution in [2.24, 2.45) is 0 Å². The van der Waals surface area contributed by atoms with Gasteiger partial charge in [-0.25, -0.2) is 0 Å². The number of thiophene rings is 1. The van der Waals surface area contributed by atoms with E-state index in [-0.39, 0.29) is 37.2 Å². The first-order valence-electron chi connectivity index (χ1n) is 7.74. The van der Waals surface area contributed by atoms with Crippen molar-refractivity contribution in [3.8, 4) is 0 Å².